The highest BCUT2D eigenvalue weighted by Crippen LogP contribution is 2.19. The van der Waals surface area contributed by atoms with Gasteiger partial charge in [0.2, 0.25) is 5.95 Å². The maximum Gasteiger partial charge on any atom is 0.224 e. The summed E-state index contributed by atoms with van der Waals surface area (Å²) < 4.78 is 0. The first-order chi connectivity index (χ1) is 13.6. The molecule has 5 nitrogen and oxygen atoms in total. The summed E-state index contributed by atoms with van der Waals surface area (Å²) in [6.07, 6.45) is 14.1. The average Bonchev–Trinajstić information content (AvgIpc) is 2.93. The molecule has 1 N–H and O–H groups in total. The van der Waals surface area contributed by atoms with Crippen molar-refractivity contribution in [3.8, 4) is 0 Å². The Morgan fingerprint density at radius 2 is 1.86 bits per heavy atom. The molecule has 0 radical (unpaired) electrons. The van der Waals surface area contributed by atoms with Crippen molar-refractivity contribution in [1.82, 2.24) is 14.9 Å². The van der Waals surface area contributed by atoms with Crippen molar-refractivity contribution in [2.45, 2.75) is 65.3 Å². The molecule has 3 heterocycles. The number of allylic oxidation sites excluding steroid dienone is 3. The monoisotopic (exact) mass is 383 g/mol. The number of nitrogens with one attached hydrogen (secondary N) is 1. The second-order valence-electron chi connectivity index (χ2n) is 8.57. The van der Waals surface area contributed by atoms with Crippen LogP contribution >= 0.6 is 0 Å². The lowest BCUT2D eigenvalue weighted by Gasteiger charge is -2.39. The smallest absolute Gasteiger partial charge is 0.224 e. The Bertz CT molecular complexity index is 663. The fraction of sp³-hybridized carbons (Fsp3) is 0.652. The lowest BCUT2D eigenvalue weighted by Crippen LogP contribution is -2.54. The lowest BCUT2D eigenvalue weighted by atomic mass is 10.1. The quantitative estimate of drug-likeness (QED) is 0.662. The molecule has 0 amide bonds. The second kappa shape index (κ2) is 10.6. The van der Waals surface area contributed by atoms with Gasteiger partial charge in [-0.1, -0.05) is 36.1 Å². The van der Waals surface area contributed by atoms with Crippen molar-refractivity contribution < 1.29 is 0 Å². The van der Waals surface area contributed by atoms with Crippen molar-refractivity contribution in [3.05, 3.63) is 35.6 Å². The van der Waals surface area contributed by atoms with E-state index in [1.807, 2.05) is 12.3 Å². The van der Waals surface area contributed by atoms with Gasteiger partial charge in [-0.05, 0) is 52.5 Å². The predicted molar refractivity (Wildman–Crippen MR) is 119 cm³/mol. The van der Waals surface area contributed by atoms with Gasteiger partial charge in [0.25, 0.3) is 0 Å². The average molecular weight is 384 g/mol. The minimum atomic E-state index is 0.457. The summed E-state index contributed by atoms with van der Waals surface area (Å²) in [7, 11) is 0. The highest BCUT2D eigenvalue weighted by atomic mass is 15.3. The fourth-order valence-electron chi connectivity index (χ4n) is 3.86. The van der Waals surface area contributed by atoms with Crippen LogP contribution in [0.25, 0.3) is 0 Å². The van der Waals surface area contributed by atoms with Crippen LogP contribution in [0.5, 0.6) is 0 Å². The minimum Gasteiger partial charge on any atom is -0.356 e. The molecular formula is C23H37N5. The molecule has 1 aromatic heterocycles. The molecule has 2 saturated heterocycles. The number of hydrogen-bond donors (Lipinski definition) is 1. The van der Waals surface area contributed by atoms with Gasteiger partial charge in [0.05, 0.1) is 6.04 Å². The van der Waals surface area contributed by atoms with Gasteiger partial charge in [0, 0.05) is 38.9 Å². The summed E-state index contributed by atoms with van der Waals surface area (Å²) in [6, 6.07) is 2.51. The van der Waals surface area contributed by atoms with E-state index in [4.69, 9.17) is 4.98 Å². The zero-order valence-electron chi connectivity index (χ0n) is 18.0. The van der Waals surface area contributed by atoms with Gasteiger partial charge < -0.3 is 10.2 Å². The molecule has 0 unspecified atom stereocenters. The molecular weight excluding hydrogens is 346 g/mol. The number of rotatable bonds is 8. The highest BCUT2D eigenvalue weighted by molar-refractivity contribution is 5.43. The van der Waals surface area contributed by atoms with Gasteiger partial charge in [0.15, 0.2) is 0 Å². The second-order valence-corrected chi connectivity index (χ2v) is 8.57. The van der Waals surface area contributed by atoms with Gasteiger partial charge in [-0.25, -0.2) is 4.98 Å². The predicted octanol–water partition coefficient (Wildman–Crippen LogP) is 4.65. The van der Waals surface area contributed by atoms with Crippen LogP contribution < -0.4 is 10.2 Å². The van der Waals surface area contributed by atoms with E-state index in [1.54, 1.807) is 0 Å². The number of aromatic nitrogens is 2. The molecule has 0 aliphatic carbocycles. The molecule has 2 aliphatic rings. The third-order valence-electron chi connectivity index (χ3n) is 5.65. The maximum atomic E-state index is 4.77. The third-order valence-corrected chi connectivity index (χ3v) is 5.65. The Kier molecular flexibility index (Phi) is 7.90. The molecule has 3 rings (SSSR count). The van der Waals surface area contributed by atoms with Crippen LogP contribution in [0.3, 0.4) is 0 Å². The van der Waals surface area contributed by atoms with E-state index in [1.165, 1.54) is 36.8 Å². The van der Waals surface area contributed by atoms with E-state index < -0.39 is 0 Å². The van der Waals surface area contributed by atoms with Crippen molar-refractivity contribution in [2.75, 3.05) is 42.9 Å². The zero-order chi connectivity index (χ0) is 19.8. The minimum absolute atomic E-state index is 0.457. The van der Waals surface area contributed by atoms with Crippen LogP contribution in [-0.4, -0.2) is 53.6 Å². The number of anilines is 2. The van der Waals surface area contributed by atoms with Crippen LogP contribution in [0.2, 0.25) is 0 Å². The molecule has 5 heteroatoms. The molecule has 2 fully saturated rings. The molecule has 154 valence electrons. The first-order valence-corrected chi connectivity index (χ1v) is 11.0. The van der Waals surface area contributed by atoms with Crippen molar-refractivity contribution in [2.24, 2.45) is 0 Å². The van der Waals surface area contributed by atoms with Crippen LogP contribution in [0.4, 0.5) is 11.8 Å². The maximum absolute atomic E-state index is 4.77. The molecule has 28 heavy (non-hydrogen) atoms. The Balaban J connectivity index is 1.41. The van der Waals surface area contributed by atoms with Crippen molar-refractivity contribution >= 4 is 11.8 Å². The summed E-state index contributed by atoms with van der Waals surface area (Å²) in [6.45, 7) is 12.0. The summed E-state index contributed by atoms with van der Waals surface area (Å²) in [5, 5.41) is 3.52. The first-order valence-electron chi connectivity index (χ1n) is 11.0. The largest absolute Gasteiger partial charge is 0.356 e. The summed E-state index contributed by atoms with van der Waals surface area (Å²) >= 11 is 0. The normalized spacial score (nSPS) is 19.1. The van der Waals surface area contributed by atoms with Crippen molar-refractivity contribution in [1.29, 1.82) is 0 Å². The van der Waals surface area contributed by atoms with E-state index in [0.29, 0.717) is 6.04 Å². The number of hydrogen-bond acceptors (Lipinski definition) is 5. The van der Waals surface area contributed by atoms with E-state index in [0.717, 1.165) is 57.3 Å². The molecule has 0 aromatic carbocycles. The molecule has 2 aliphatic heterocycles. The Morgan fingerprint density at radius 1 is 1.11 bits per heavy atom. The van der Waals surface area contributed by atoms with E-state index in [-0.39, 0.29) is 0 Å². The van der Waals surface area contributed by atoms with Gasteiger partial charge in [-0.15, -0.1) is 0 Å². The van der Waals surface area contributed by atoms with Crippen molar-refractivity contribution in [3.63, 3.8) is 0 Å². The standard InChI is InChI=1S/C23H37N5/c1-19(2)9-8-10-20(3)12-16-27-17-21(18-27)25-23-24-13-11-22(26-23)28-14-6-4-5-7-15-28/h9,11-13,21H,4-8,10,14-18H2,1-3H3,(H,24,25,26). The number of nitrogens with zero attached hydrogens (tertiary/aromatic N) is 4. The Morgan fingerprint density at radius 3 is 2.57 bits per heavy atom. The third kappa shape index (κ3) is 6.62. The summed E-state index contributed by atoms with van der Waals surface area (Å²) in [5.74, 6) is 1.85. The molecule has 0 saturated carbocycles. The molecule has 0 atom stereocenters. The van der Waals surface area contributed by atoms with Crippen LogP contribution in [-0.2, 0) is 0 Å². The van der Waals surface area contributed by atoms with Gasteiger partial charge in [-0.3, -0.25) is 4.90 Å². The van der Waals surface area contributed by atoms with E-state index in [9.17, 15) is 0 Å². The summed E-state index contributed by atoms with van der Waals surface area (Å²) in [4.78, 5) is 14.1. The molecule has 1 aromatic rings. The zero-order valence-corrected chi connectivity index (χ0v) is 18.0. The summed E-state index contributed by atoms with van der Waals surface area (Å²) in [5.41, 5.74) is 2.90. The number of likely N-dealkylation sites (tertiary alicyclic amines) is 1. The van der Waals surface area contributed by atoms with Crippen LogP contribution in [0.1, 0.15) is 59.3 Å². The van der Waals surface area contributed by atoms with Gasteiger partial charge >= 0.3 is 0 Å². The van der Waals surface area contributed by atoms with Crippen LogP contribution in [0, 0.1) is 0 Å². The van der Waals surface area contributed by atoms with Gasteiger partial charge in [0.1, 0.15) is 5.82 Å². The molecule has 0 bridgehead atoms. The van der Waals surface area contributed by atoms with E-state index >= 15 is 0 Å². The van der Waals surface area contributed by atoms with E-state index in [2.05, 4.69) is 53.0 Å². The highest BCUT2D eigenvalue weighted by Gasteiger charge is 2.26. The Hall–Kier alpha value is -1.88. The SMILES string of the molecule is CC(C)=CCCC(C)=CCN1CC(Nc2nccc(N3CCCCCC3)n2)C1. The first kappa shape index (κ1) is 20.8. The topological polar surface area (TPSA) is 44.3 Å². The fourth-order valence-corrected chi connectivity index (χ4v) is 3.86. The van der Waals surface area contributed by atoms with Crippen LogP contribution in [0.15, 0.2) is 35.6 Å². The molecule has 0 spiro atoms. The van der Waals surface area contributed by atoms with Gasteiger partial charge in [-0.2, -0.15) is 4.98 Å². The lowest BCUT2D eigenvalue weighted by molar-refractivity contribution is 0.180. The Labute approximate surface area is 170 Å².